The van der Waals surface area contributed by atoms with Crippen LogP contribution in [0.1, 0.15) is 25.1 Å². The van der Waals surface area contributed by atoms with Crippen molar-refractivity contribution in [3.05, 3.63) is 56.4 Å². The van der Waals surface area contributed by atoms with Crippen LogP contribution in [-0.4, -0.2) is 46.4 Å². The molecule has 0 amide bonds. The average Bonchev–Trinajstić information content (AvgIpc) is 3.46. The standard InChI is InChI=1S/C23H25ClF3N5O2S/c1-4-32-20(15-7-6-14(10-16(15)24)23(25,26)27)29-13(3)19(21(32)33)30-17-11-31(12-18(17)34-5-2)22-28-8-9-35-22/h6-10,17-18,30H,4-5,11-12H2,1-3H3/t17-,18+/m1/s1. The molecule has 12 heteroatoms. The van der Waals surface area contributed by atoms with Gasteiger partial charge in [-0.2, -0.15) is 13.2 Å². The van der Waals surface area contributed by atoms with Crippen molar-refractivity contribution in [2.24, 2.45) is 0 Å². The summed E-state index contributed by atoms with van der Waals surface area (Å²) in [6, 6.07) is 2.86. The van der Waals surface area contributed by atoms with Gasteiger partial charge < -0.3 is 15.0 Å². The van der Waals surface area contributed by atoms with E-state index in [1.54, 1.807) is 20.0 Å². The predicted molar refractivity (Wildman–Crippen MR) is 132 cm³/mol. The molecule has 35 heavy (non-hydrogen) atoms. The van der Waals surface area contributed by atoms with Gasteiger partial charge in [-0.15, -0.1) is 11.3 Å². The lowest BCUT2D eigenvalue weighted by Gasteiger charge is -2.22. The molecule has 3 aromatic rings. The molecule has 1 aliphatic rings. The minimum atomic E-state index is -4.52. The number of thiazole rings is 1. The SMILES string of the molecule is CCO[C@H]1CN(c2nccs2)C[C@H]1Nc1c(C)nc(-c2ccc(C(F)(F)F)cc2Cl)n(CC)c1=O. The number of alkyl halides is 3. The fourth-order valence-electron chi connectivity index (χ4n) is 4.21. The minimum absolute atomic E-state index is 0.125. The lowest BCUT2D eigenvalue weighted by molar-refractivity contribution is -0.137. The monoisotopic (exact) mass is 527 g/mol. The van der Waals surface area contributed by atoms with Gasteiger partial charge in [0.1, 0.15) is 11.5 Å². The maximum absolute atomic E-state index is 13.5. The average molecular weight is 528 g/mol. The van der Waals surface area contributed by atoms with Crippen molar-refractivity contribution in [3.8, 4) is 11.4 Å². The zero-order valence-electron chi connectivity index (χ0n) is 19.4. The number of ether oxygens (including phenoxy) is 1. The zero-order chi connectivity index (χ0) is 25.3. The van der Waals surface area contributed by atoms with Crippen molar-refractivity contribution >= 4 is 33.8 Å². The van der Waals surface area contributed by atoms with Crippen LogP contribution in [0, 0.1) is 6.92 Å². The Morgan fingerprint density at radius 1 is 1.29 bits per heavy atom. The van der Waals surface area contributed by atoms with Gasteiger partial charge in [-0.05, 0) is 39.0 Å². The minimum Gasteiger partial charge on any atom is -0.374 e. The van der Waals surface area contributed by atoms with E-state index in [9.17, 15) is 18.0 Å². The summed E-state index contributed by atoms with van der Waals surface area (Å²) in [4.78, 5) is 24.6. The molecule has 1 saturated heterocycles. The molecule has 0 unspecified atom stereocenters. The molecule has 0 radical (unpaired) electrons. The molecule has 2 atom stereocenters. The van der Waals surface area contributed by atoms with Crippen LogP contribution < -0.4 is 15.8 Å². The summed E-state index contributed by atoms with van der Waals surface area (Å²) in [7, 11) is 0. The Morgan fingerprint density at radius 3 is 2.66 bits per heavy atom. The number of halogens is 4. The van der Waals surface area contributed by atoms with Crippen LogP contribution in [0.3, 0.4) is 0 Å². The number of rotatable bonds is 7. The summed E-state index contributed by atoms with van der Waals surface area (Å²) in [5, 5.41) is 6.00. The Bertz CT molecular complexity index is 1250. The number of aryl methyl sites for hydroxylation is 1. The smallest absolute Gasteiger partial charge is 0.374 e. The largest absolute Gasteiger partial charge is 0.416 e. The van der Waals surface area contributed by atoms with Gasteiger partial charge in [-0.25, -0.2) is 9.97 Å². The Labute approximate surface area is 209 Å². The molecule has 188 valence electrons. The lowest BCUT2D eigenvalue weighted by atomic mass is 10.1. The van der Waals surface area contributed by atoms with Gasteiger partial charge in [-0.1, -0.05) is 11.6 Å². The van der Waals surface area contributed by atoms with Gasteiger partial charge in [0.2, 0.25) is 0 Å². The van der Waals surface area contributed by atoms with E-state index in [4.69, 9.17) is 16.3 Å². The second-order valence-electron chi connectivity index (χ2n) is 8.10. The first-order chi connectivity index (χ1) is 16.6. The molecule has 4 rings (SSSR count). The zero-order valence-corrected chi connectivity index (χ0v) is 21.0. The highest BCUT2D eigenvalue weighted by molar-refractivity contribution is 7.13. The van der Waals surface area contributed by atoms with Gasteiger partial charge in [0.15, 0.2) is 5.13 Å². The van der Waals surface area contributed by atoms with Crippen LogP contribution in [0.4, 0.5) is 24.0 Å². The Kier molecular flexibility index (Phi) is 7.39. The highest BCUT2D eigenvalue weighted by atomic mass is 35.5. The first-order valence-electron chi connectivity index (χ1n) is 11.1. The molecular weight excluding hydrogens is 503 g/mol. The molecule has 3 heterocycles. The number of hydrogen-bond donors (Lipinski definition) is 1. The molecule has 1 fully saturated rings. The highest BCUT2D eigenvalue weighted by Crippen LogP contribution is 2.35. The van der Waals surface area contributed by atoms with Crippen molar-refractivity contribution in [2.75, 3.05) is 29.9 Å². The van der Waals surface area contributed by atoms with Crippen LogP contribution in [0.15, 0.2) is 34.6 Å². The molecule has 0 bridgehead atoms. The molecule has 0 saturated carbocycles. The van der Waals surface area contributed by atoms with Crippen LogP contribution in [0.5, 0.6) is 0 Å². The van der Waals surface area contributed by atoms with Gasteiger partial charge in [0.05, 0.1) is 28.4 Å². The van der Waals surface area contributed by atoms with Gasteiger partial charge in [0, 0.05) is 43.4 Å². The van der Waals surface area contributed by atoms with Crippen molar-refractivity contribution in [3.63, 3.8) is 0 Å². The number of nitrogens with zero attached hydrogens (tertiary/aromatic N) is 4. The number of hydrogen-bond acceptors (Lipinski definition) is 7. The summed E-state index contributed by atoms with van der Waals surface area (Å²) in [6.45, 7) is 7.39. The number of nitrogens with one attached hydrogen (secondary N) is 1. The van der Waals surface area contributed by atoms with Crippen LogP contribution in [0.2, 0.25) is 5.02 Å². The van der Waals surface area contributed by atoms with E-state index >= 15 is 0 Å². The van der Waals surface area contributed by atoms with Gasteiger partial charge in [0.25, 0.3) is 5.56 Å². The van der Waals surface area contributed by atoms with Gasteiger partial charge in [-0.3, -0.25) is 9.36 Å². The van der Waals surface area contributed by atoms with Crippen LogP contribution >= 0.6 is 22.9 Å². The summed E-state index contributed by atoms with van der Waals surface area (Å²) >= 11 is 7.74. The van der Waals surface area contributed by atoms with Crippen molar-refractivity contribution in [2.45, 2.75) is 45.6 Å². The maximum atomic E-state index is 13.5. The first kappa shape index (κ1) is 25.5. The molecule has 1 aliphatic heterocycles. The maximum Gasteiger partial charge on any atom is 0.416 e. The number of anilines is 2. The van der Waals surface area contributed by atoms with Crippen molar-refractivity contribution < 1.29 is 17.9 Å². The first-order valence-corrected chi connectivity index (χ1v) is 12.4. The van der Waals surface area contributed by atoms with Crippen molar-refractivity contribution in [1.29, 1.82) is 0 Å². The van der Waals surface area contributed by atoms with Crippen LogP contribution in [0.25, 0.3) is 11.4 Å². The van der Waals surface area contributed by atoms with Gasteiger partial charge >= 0.3 is 6.18 Å². The molecule has 2 aromatic heterocycles. The molecular formula is C23H25ClF3N5O2S. The molecule has 0 spiro atoms. The third kappa shape index (κ3) is 5.17. The van der Waals surface area contributed by atoms with E-state index in [1.807, 2.05) is 12.3 Å². The van der Waals surface area contributed by atoms with E-state index in [1.165, 1.54) is 22.0 Å². The van der Waals surface area contributed by atoms with E-state index in [-0.39, 0.29) is 40.7 Å². The molecule has 0 aliphatic carbocycles. The molecule has 7 nitrogen and oxygen atoms in total. The predicted octanol–water partition coefficient (Wildman–Crippen LogP) is 5.07. The normalized spacial score (nSPS) is 18.3. The highest BCUT2D eigenvalue weighted by Gasteiger charge is 2.36. The lowest BCUT2D eigenvalue weighted by Crippen LogP contribution is -2.38. The summed E-state index contributed by atoms with van der Waals surface area (Å²) < 4.78 is 46.6. The van der Waals surface area contributed by atoms with E-state index in [0.29, 0.717) is 31.1 Å². The molecule has 1 N–H and O–H groups in total. The fraction of sp³-hybridized carbons (Fsp3) is 0.435. The van der Waals surface area contributed by atoms with Crippen molar-refractivity contribution in [1.82, 2.24) is 14.5 Å². The number of benzene rings is 1. The third-order valence-corrected chi connectivity index (χ3v) is 7.02. The van der Waals surface area contributed by atoms with Crippen LogP contribution in [-0.2, 0) is 17.5 Å². The Hall–Kier alpha value is -2.63. The third-order valence-electron chi connectivity index (χ3n) is 5.87. The fourth-order valence-corrected chi connectivity index (χ4v) is 5.14. The Morgan fingerprint density at radius 2 is 2.06 bits per heavy atom. The van der Waals surface area contributed by atoms with E-state index in [2.05, 4.69) is 20.2 Å². The quantitative estimate of drug-likeness (QED) is 0.462. The summed E-state index contributed by atoms with van der Waals surface area (Å²) in [5.41, 5.74) is -0.173. The second kappa shape index (κ2) is 10.2. The Balaban J connectivity index is 1.68. The second-order valence-corrected chi connectivity index (χ2v) is 9.38. The number of aromatic nitrogens is 3. The van der Waals surface area contributed by atoms with E-state index < -0.39 is 11.7 Å². The molecule has 1 aromatic carbocycles. The summed E-state index contributed by atoms with van der Waals surface area (Å²) in [5.74, 6) is 0.219. The summed E-state index contributed by atoms with van der Waals surface area (Å²) in [6.07, 6.45) is -2.94. The van der Waals surface area contributed by atoms with E-state index in [0.717, 1.165) is 17.3 Å². The topological polar surface area (TPSA) is 72.3 Å².